The third kappa shape index (κ3) is 3.82. The normalized spacial score (nSPS) is 25.1. The van der Waals surface area contributed by atoms with E-state index in [0.29, 0.717) is 30.8 Å². The molecule has 2 fully saturated rings. The van der Waals surface area contributed by atoms with Gasteiger partial charge in [0.25, 0.3) is 0 Å². The minimum absolute atomic E-state index is 0.0437. The lowest BCUT2D eigenvalue weighted by Crippen LogP contribution is -2.45. The van der Waals surface area contributed by atoms with E-state index in [-0.39, 0.29) is 17.2 Å². The van der Waals surface area contributed by atoms with Gasteiger partial charge in [-0.2, -0.15) is 18.4 Å². The molecule has 1 aliphatic heterocycles. The number of nitrogens with one attached hydrogen (secondary N) is 2. The van der Waals surface area contributed by atoms with E-state index in [1.807, 2.05) is 0 Å². The zero-order valence-electron chi connectivity index (χ0n) is 12.6. The number of carbonyl (C=O) groups is 1. The number of carbonyl (C=O) groups excluding carboxylic acids is 1. The van der Waals surface area contributed by atoms with E-state index in [1.54, 1.807) is 0 Å². The summed E-state index contributed by atoms with van der Waals surface area (Å²) in [7, 11) is 0. The molecule has 0 radical (unpaired) electrons. The van der Waals surface area contributed by atoms with Crippen molar-refractivity contribution in [1.82, 2.24) is 15.6 Å². The Morgan fingerprint density at radius 2 is 2.21 bits per heavy atom. The summed E-state index contributed by atoms with van der Waals surface area (Å²) in [6.07, 6.45) is -1.68. The Kier molecular flexibility index (Phi) is 4.44. The molecule has 2 heterocycles. The van der Waals surface area contributed by atoms with Gasteiger partial charge in [0.2, 0.25) is 5.91 Å². The van der Waals surface area contributed by atoms with Crippen molar-refractivity contribution in [3.05, 3.63) is 23.9 Å². The van der Waals surface area contributed by atoms with Gasteiger partial charge in [-0.25, -0.2) is 4.98 Å². The number of thioether (sulfide) groups is 1. The molecule has 9 heteroatoms. The number of halogens is 3. The van der Waals surface area contributed by atoms with Gasteiger partial charge >= 0.3 is 6.18 Å². The Morgan fingerprint density at radius 1 is 1.46 bits per heavy atom. The number of nitriles is 1. The summed E-state index contributed by atoms with van der Waals surface area (Å²) in [5, 5.41) is 15.4. The van der Waals surface area contributed by atoms with Crippen LogP contribution < -0.4 is 10.6 Å². The molecule has 24 heavy (non-hydrogen) atoms. The van der Waals surface area contributed by atoms with E-state index >= 15 is 0 Å². The van der Waals surface area contributed by atoms with Gasteiger partial charge in [0.15, 0.2) is 0 Å². The fourth-order valence-corrected chi connectivity index (χ4v) is 3.56. The molecule has 1 saturated carbocycles. The molecule has 5 nitrogen and oxygen atoms in total. The summed E-state index contributed by atoms with van der Waals surface area (Å²) in [6.45, 7) is 0.561. The van der Waals surface area contributed by atoms with Gasteiger partial charge < -0.3 is 10.6 Å². The highest BCUT2D eigenvalue weighted by atomic mass is 32.2. The minimum Gasteiger partial charge on any atom is -0.336 e. The number of aromatic nitrogens is 1. The highest BCUT2D eigenvalue weighted by Crippen LogP contribution is 2.35. The zero-order valence-corrected chi connectivity index (χ0v) is 13.4. The van der Waals surface area contributed by atoms with Crippen molar-refractivity contribution in [1.29, 1.82) is 5.26 Å². The molecule has 0 aromatic carbocycles. The van der Waals surface area contributed by atoms with Crippen LogP contribution in [0.15, 0.2) is 23.4 Å². The second-order valence-electron chi connectivity index (χ2n) is 6.00. The molecule has 1 amide bonds. The first-order valence-corrected chi connectivity index (χ1v) is 8.36. The van der Waals surface area contributed by atoms with Gasteiger partial charge in [0, 0.05) is 18.0 Å². The van der Waals surface area contributed by atoms with Crippen molar-refractivity contribution in [2.24, 2.45) is 0 Å². The number of amides is 1. The zero-order chi connectivity index (χ0) is 17.4. The smallest absolute Gasteiger partial charge is 0.336 e. The molecule has 1 aromatic heterocycles. The van der Waals surface area contributed by atoms with Crippen LogP contribution in [0.3, 0.4) is 0 Å². The molecule has 1 aromatic rings. The molecule has 0 spiro atoms. The second kappa shape index (κ2) is 6.26. The Balaban J connectivity index is 1.53. The SMILES string of the molecule is N#CC1(NC(=O)C2CC(Sc3ccc(C(F)(F)F)cn3)CN2)CC1. The van der Waals surface area contributed by atoms with Crippen LogP contribution in [0.1, 0.15) is 24.8 Å². The molecular weight excluding hydrogens is 341 g/mol. The van der Waals surface area contributed by atoms with Crippen LogP contribution in [0.4, 0.5) is 13.2 Å². The summed E-state index contributed by atoms with van der Waals surface area (Å²) in [4.78, 5) is 16.0. The maximum Gasteiger partial charge on any atom is 0.417 e. The molecule has 2 unspecified atom stereocenters. The standard InChI is InChI=1S/C15H15F3N4OS/c16-15(17,18)9-1-2-12(21-6-9)24-10-5-11(20-7-10)13(23)22-14(8-19)3-4-14/h1-2,6,10-11,20H,3-5,7H2,(H,22,23). The predicted molar refractivity (Wildman–Crippen MR) is 81.0 cm³/mol. The lowest BCUT2D eigenvalue weighted by atomic mass is 10.2. The van der Waals surface area contributed by atoms with E-state index in [9.17, 15) is 18.0 Å². The molecular formula is C15H15F3N4OS. The van der Waals surface area contributed by atoms with Crippen LogP contribution >= 0.6 is 11.8 Å². The van der Waals surface area contributed by atoms with Crippen molar-refractivity contribution >= 4 is 17.7 Å². The average molecular weight is 356 g/mol. The van der Waals surface area contributed by atoms with Crippen LogP contribution in [-0.4, -0.2) is 34.3 Å². The van der Waals surface area contributed by atoms with Crippen LogP contribution in [0.2, 0.25) is 0 Å². The molecule has 2 atom stereocenters. The van der Waals surface area contributed by atoms with E-state index in [1.165, 1.54) is 17.8 Å². The van der Waals surface area contributed by atoms with E-state index in [4.69, 9.17) is 5.26 Å². The Labute approximate surface area is 141 Å². The first-order valence-electron chi connectivity index (χ1n) is 7.48. The van der Waals surface area contributed by atoms with Crippen molar-refractivity contribution in [3.8, 4) is 6.07 Å². The van der Waals surface area contributed by atoms with Crippen LogP contribution in [0.5, 0.6) is 0 Å². The number of nitrogens with zero attached hydrogens (tertiary/aromatic N) is 2. The molecule has 0 bridgehead atoms. The van der Waals surface area contributed by atoms with Gasteiger partial charge in [-0.15, -0.1) is 11.8 Å². The Bertz CT molecular complexity index is 667. The van der Waals surface area contributed by atoms with Crippen LogP contribution in [0.25, 0.3) is 0 Å². The third-order valence-electron chi connectivity index (χ3n) is 4.08. The molecule has 3 rings (SSSR count). The maximum absolute atomic E-state index is 12.5. The van der Waals surface area contributed by atoms with Crippen molar-refractivity contribution in [2.45, 2.75) is 47.3 Å². The van der Waals surface area contributed by atoms with Gasteiger partial charge in [0.1, 0.15) is 5.54 Å². The number of rotatable bonds is 4. The number of hydrogen-bond acceptors (Lipinski definition) is 5. The number of alkyl halides is 3. The number of pyridine rings is 1. The summed E-state index contributed by atoms with van der Waals surface area (Å²) in [5.41, 5.74) is -1.47. The highest BCUT2D eigenvalue weighted by molar-refractivity contribution is 7.99. The maximum atomic E-state index is 12.5. The lowest BCUT2D eigenvalue weighted by Gasteiger charge is -2.14. The third-order valence-corrected chi connectivity index (χ3v) is 5.26. The Hall–Kier alpha value is -1.79. The van der Waals surface area contributed by atoms with Crippen molar-refractivity contribution in [2.75, 3.05) is 6.54 Å². The highest BCUT2D eigenvalue weighted by Gasteiger charge is 2.46. The molecule has 2 aliphatic rings. The fourth-order valence-electron chi connectivity index (χ4n) is 2.49. The fraction of sp³-hybridized carbons (Fsp3) is 0.533. The van der Waals surface area contributed by atoms with E-state index < -0.39 is 17.3 Å². The topological polar surface area (TPSA) is 77.8 Å². The predicted octanol–water partition coefficient (Wildman–Crippen LogP) is 2.10. The molecule has 1 saturated heterocycles. The lowest BCUT2D eigenvalue weighted by molar-refractivity contribution is -0.137. The second-order valence-corrected chi connectivity index (χ2v) is 7.32. The average Bonchev–Trinajstić information content (AvgIpc) is 3.15. The van der Waals surface area contributed by atoms with Crippen molar-refractivity contribution < 1.29 is 18.0 Å². The largest absolute Gasteiger partial charge is 0.417 e. The molecule has 2 N–H and O–H groups in total. The van der Waals surface area contributed by atoms with E-state index in [2.05, 4.69) is 21.7 Å². The van der Waals surface area contributed by atoms with E-state index in [0.717, 1.165) is 12.3 Å². The van der Waals surface area contributed by atoms with Crippen molar-refractivity contribution in [3.63, 3.8) is 0 Å². The summed E-state index contributed by atoms with van der Waals surface area (Å²) < 4.78 is 37.5. The molecule has 1 aliphatic carbocycles. The first-order chi connectivity index (χ1) is 11.3. The van der Waals surface area contributed by atoms with Gasteiger partial charge in [-0.05, 0) is 31.4 Å². The minimum atomic E-state index is -4.40. The monoisotopic (exact) mass is 356 g/mol. The Morgan fingerprint density at radius 3 is 2.75 bits per heavy atom. The van der Waals surface area contributed by atoms with Gasteiger partial charge in [-0.1, -0.05) is 0 Å². The summed E-state index contributed by atoms with van der Waals surface area (Å²) in [6, 6.07) is 4.07. The first kappa shape index (κ1) is 17.0. The van der Waals surface area contributed by atoms with Crippen LogP contribution in [-0.2, 0) is 11.0 Å². The molecule has 128 valence electrons. The van der Waals surface area contributed by atoms with Crippen LogP contribution in [0, 0.1) is 11.3 Å². The van der Waals surface area contributed by atoms with Gasteiger partial charge in [-0.3, -0.25) is 4.79 Å². The summed E-state index contributed by atoms with van der Waals surface area (Å²) >= 11 is 1.35. The summed E-state index contributed by atoms with van der Waals surface area (Å²) in [5.74, 6) is -0.197. The quantitative estimate of drug-likeness (QED) is 0.864. The number of hydrogen-bond donors (Lipinski definition) is 2. The van der Waals surface area contributed by atoms with Gasteiger partial charge in [0.05, 0.1) is 22.7 Å².